The summed E-state index contributed by atoms with van der Waals surface area (Å²) < 4.78 is 5.27. The molecule has 6 nitrogen and oxygen atoms in total. The average Bonchev–Trinajstić information content (AvgIpc) is 3.21. The molecular formula is C15H17N5OS. The summed E-state index contributed by atoms with van der Waals surface area (Å²) in [6.07, 6.45) is 4.07. The lowest BCUT2D eigenvalue weighted by atomic mass is 10.3. The van der Waals surface area contributed by atoms with Gasteiger partial charge in [0, 0.05) is 11.4 Å². The molecule has 0 aliphatic carbocycles. The van der Waals surface area contributed by atoms with Crippen LogP contribution in [0.25, 0.3) is 0 Å². The molecule has 114 valence electrons. The lowest BCUT2D eigenvalue weighted by molar-refractivity contribution is 0.518. The zero-order valence-electron chi connectivity index (χ0n) is 12.0. The molecule has 0 spiro atoms. The van der Waals surface area contributed by atoms with Crippen molar-refractivity contribution in [2.75, 3.05) is 22.9 Å². The molecule has 0 radical (unpaired) electrons. The van der Waals surface area contributed by atoms with E-state index < -0.39 is 0 Å². The van der Waals surface area contributed by atoms with Crippen molar-refractivity contribution in [2.24, 2.45) is 0 Å². The number of nitrogens with one attached hydrogen (secondary N) is 2. The van der Waals surface area contributed by atoms with E-state index >= 15 is 0 Å². The van der Waals surface area contributed by atoms with Crippen molar-refractivity contribution in [1.29, 1.82) is 0 Å². The van der Waals surface area contributed by atoms with Gasteiger partial charge in [0.05, 0.1) is 12.8 Å². The Balaban J connectivity index is 1.58. The zero-order valence-corrected chi connectivity index (χ0v) is 12.8. The number of nitrogen functional groups attached to an aromatic ring is 1. The summed E-state index contributed by atoms with van der Waals surface area (Å²) in [5.74, 6) is 2.07. The van der Waals surface area contributed by atoms with Gasteiger partial charge in [0.1, 0.15) is 17.8 Å². The second-order valence-electron chi connectivity index (χ2n) is 4.67. The topological polar surface area (TPSA) is 89.0 Å². The number of furan rings is 1. The van der Waals surface area contributed by atoms with Crippen molar-refractivity contribution < 1.29 is 4.42 Å². The Labute approximate surface area is 132 Å². The predicted molar refractivity (Wildman–Crippen MR) is 89.0 cm³/mol. The molecule has 0 aliphatic heterocycles. The minimum Gasteiger partial charge on any atom is -0.467 e. The summed E-state index contributed by atoms with van der Waals surface area (Å²) >= 11 is 1.75. The van der Waals surface area contributed by atoms with Crippen molar-refractivity contribution in [3.05, 3.63) is 52.9 Å². The van der Waals surface area contributed by atoms with Crippen molar-refractivity contribution in [3.8, 4) is 0 Å². The average molecular weight is 315 g/mol. The number of aromatic nitrogens is 2. The van der Waals surface area contributed by atoms with Crippen LogP contribution in [-0.4, -0.2) is 16.5 Å². The number of nitrogens with zero attached hydrogens (tertiary/aromatic N) is 2. The number of rotatable bonds is 7. The minimum absolute atomic E-state index is 0.514. The Kier molecular flexibility index (Phi) is 4.55. The molecule has 3 aromatic heterocycles. The lowest BCUT2D eigenvalue weighted by Crippen LogP contribution is -2.11. The molecular weight excluding hydrogens is 298 g/mol. The smallest absolute Gasteiger partial charge is 0.155 e. The van der Waals surface area contributed by atoms with Gasteiger partial charge in [-0.15, -0.1) is 11.3 Å². The number of thiophene rings is 1. The fraction of sp³-hybridized carbons (Fsp3) is 0.200. The first-order valence-corrected chi connectivity index (χ1v) is 7.84. The second-order valence-corrected chi connectivity index (χ2v) is 5.71. The third-order valence-corrected chi connectivity index (χ3v) is 4.07. The standard InChI is InChI=1S/C15H17N5OS/c16-13-14(17-6-5-12-4-2-8-22-12)19-10-20-15(13)18-9-11-3-1-7-21-11/h1-4,7-8,10H,5-6,9,16H2,(H2,17,18,19,20). The maximum Gasteiger partial charge on any atom is 0.155 e. The van der Waals surface area contributed by atoms with Crippen LogP contribution in [0.2, 0.25) is 0 Å². The Morgan fingerprint density at radius 2 is 2.00 bits per heavy atom. The first-order valence-electron chi connectivity index (χ1n) is 6.96. The van der Waals surface area contributed by atoms with Crippen LogP contribution in [-0.2, 0) is 13.0 Å². The highest BCUT2D eigenvalue weighted by molar-refractivity contribution is 7.09. The fourth-order valence-corrected chi connectivity index (χ4v) is 2.73. The number of nitrogens with two attached hydrogens (primary N) is 1. The van der Waals surface area contributed by atoms with Gasteiger partial charge in [-0.25, -0.2) is 9.97 Å². The van der Waals surface area contributed by atoms with E-state index in [-0.39, 0.29) is 0 Å². The van der Waals surface area contributed by atoms with Gasteiger partial charge in [-0.05, 0) is 30.0 Å². The van der Waals surface area contributed by atoms with Gasteiger partial charge in [0.15, 0.2) is 11.6 Å². The van der Waals surface area contributed by atoms with Crippen LogP contribution in [0.4, 0.5) is 17.3 Å². The highest BCUT2D eigenvalue weighted by Crippen LogP contribution is 2.23. The monoisotopic (exact) mass is 315 g/mol. The predicted octanol–water partition coefficient (Wildman–Crippen LogP) is 2.98. The van der Waals surface area contributed by atoms with Crippen LogP contribution in [0.5, 0.6) is 0 Å². The van der Waals surface area contributed by atoms with Gasteiger partial charge < -0.3 is 20.8 Å². The van der Waals surface area contributed by atoms with E-state index in [1.54, 1.807) is 17.6 Å². The molecule has 0 atom stereocenters. The van der Waals surface area contributed by atoms with E-state index in [4.69, 9.17) is 10.2 Å². The Morgan fingerprint density at radius 3 is 2.73 bits per heavy atom. The highest BCUT2D eigenvalue weighted by atomic mass is 32.1. The van der Waals surface area contributed by atoms with E-state index in [0.29, 0.717) is 23.9 Å². The number of anilines is 3. The SMILES string of the molecule is Nc1c(NCCc2cccs2)ncnc1NCc1ccco1. The maximum absolute atomic E-state index is 6.10. The van der Waals surface area contributed by atoms with Gasteiger partial charge in [-0.2, -0.15) is 0 Å². The van der Waals surface area contributed by atoms with Gasteiger partial charge in [0.25, 0.3) is 0 Å². The Hall–Kier alpha value is -2.54. The Morgan fingerprint density at radius 1 is 1.14 bits per heavy atom. The molecule has 0 amide bonds. The number of hydrogen-bond acceptors (Lipinski definition) is 7. The van der Waals surface area contributed by atoms with Crippen LogP contribution in [0.1, 0.15) is 10.6 Å². The van der Waals surface area contributed by atoms with Crippen LogP contribution in [0.15, 0.2) is 46.7 Å². The molecule has 0 bridgehead atoms. The van der Waals surface area contributed by atoms with Crippen molar-refractivity contribution in [1.82, 2.24) is 9.97 Å². The van der Waals surface area contributed by atoms with Crippen LogP contribution in [0, 0.1) is 0 Å². The molecule has 3 heterocycles. The third kappa shape index (κ3) is 3.56. The quantitative estimate of drug-likeness (QED) is 0.621. The molecule has 22 heavy (non-hydrogen) atoms. The second kappa shape index (κ2) is 6.95. The molecule has 0 saturated heterocycles. The Bertz CT molecular complexity index is 697. The van der Waals surface area contributed by atoms with E-state index in [1.807, 2.05) is 12.1 Å². The maximum atomic E-state index is 6.10. The van der Waals surface area contributed by atoms with E-state index in [9.17, 15) is 0 Å². The normalized spacial score (nSPS) is 10.5. The first kappa shape index (κ1) is 14.4. The van der Waals surface area contributed by atoms with E-state index in [2.05, 4.69) is 38.1 Å². The van der Waals surface area contributed by atoms with Crippen LogP contribution < -0.4 is 16.4 Å². The molecule has 4 N–H and O–H groups in total. The highest BCUT2D eigenvalue weighted by Gasteiger charge is 2.08. The summed E-state index contributed by atoms with van der Waals surface area (Å²) in [6, 6.07) is 7.91. The van der Waals surface area contributed by atoms with E-state index in [1.165, 1.54) is 11.2 Å². The van der Waals surface area contributed by atoms with Gasteiger partial charge in [-0.1, -0.05) is 6.07 Å². The van der Waals surface area contributed by atoms with Crippen LogP contribution >= 0.6 is 11.3 Å². The molecule has 3 aromatic rings. The summed E-state index contributed by atoms with van der Waals surface area (Å²) in [6.45, 7) is 1.31. The molecule has 0 unspecified atom stereocenters. The summed E-state index contributed by atoms with van der Waals surface area (Å²) in [5, 5.41) is 8.48. The lowest BCUT2D eigenvalue weighted by Gasteiger charge is -2.11. The van der Waals surface area contributed by atoms with Crippen LogP contribution in [0.3, 0.4) is 0 Å². The van der Waals surface area contributed by atoms with Crippen molar-refractivity contribution in [3.63, 3.8) is 0 Å². The molecule has 3 rings (SSSR count). The summed E-state index contributed by atoms with van der Waals surface area (Å²) in [7, 11) is 0. The first-order chi connectivity index (χ1) is 10.8. The molecule has 0 aromatic carbocycles. The molecule has 0 aliphatic rings. The largest absolute Gasteiger partial charge is 0.467 e. The van der Waals surface area contributed by atoms with Crippen molar-refractivity contribution in [2.45, 2.75) is 13.0 Å². The molecule has 7 heteroatoms. The summed E-state index contributed by atoms with van der Waals surface area (Å²) in [5.41, 5.74) is 6.62. The van der Waals surface area contributed by atoms with Gasteiger partial charge >= 0.3 is 0 Å². The minimum atomic E-state index is 0.514. The number of hydrogen-bond donors (Lipinski definition) is 3. The van der Waals surface area contributed by atoms with Gasteiger partial charge in [-0.3, -0.25) is 0 Å². The third-order valence-electron chi connectivity index (χ3n) is 3.14. The zero-order chi connectivity index (χ0) is 15.2. The fourth-order valence-electron chi connectivity index (χ4n) is 2.02. The van der Waals surface area contributed by atoms with E-state index in [0.717, 1.165) is 18.7 Å². The molecule has 0 saturated carbocycles. The van der Waals surface area contributed by atoms with Crippen molar-refractivity contribution >= 4 is 28.7 Å². The van der Waals surface area contributed by atoms with Gasteiger partial charge in [0.2, 0.25) is 0 Å². The molecule has 0 fully saturated rings. The summed E-state index contributed by atoms with van der Waals surface area (Å²) in [4.78, 5) is 9.69.